The van der Waals surface area contributed by atoms with E-state index in [4.69, 9.17) is 0 Å². The van der Waals surface area contributed by atoms with Crippen LogP contribution in [0.5, 0.6) is 0 Å². The van der Waals surface area contributed by atoms with Crippen molar-refractivity contribution < 1.29 is 14.4 Å². The molecule has 0 atom stereocenters. The van der Waals surface area contributed by atoms with Gasteiger partial charge in [0.25, 0.3) is 5.91 Å². The minimum Gasteiger partial charge on any atom is -0.340 e. The molecule has 1 aliphatic carbocycles. The van der Waals surface area contributed by atoms with Gasteiger partial charge in [-0.25, -0.2) is 4.79 Å². The molecule has 24 heavy (non-hydrogen) atoms. The third-order valence-corrected chi connectivity index (χ3v) is 4.96. The molecule has 1 spiro atoms. The number of imide groups is 1. The largest absolute Gasteiger partial charge is 0.340 e. The Hall–Kier alpha value is -2.37. The fourth-order valence-corrected chi connectivity index (χ4v) is 3.45. The lowest BCUT2D eigenvalue weighted by molar-refractivity contribution is -0.138. The number of nitrogens with one attached hydrogen (secondary N) is 1. The van der Waals surface area contributed by atoms with Crippen LogP contribution in [-0.2, 0) is 16.1 Å². The summed E-state index contributed by atoms with van der Waals surface area (Å²) in [5.74, 6) is -0.490. The zero-order chi connectivity index (χ0) is 17.3. The zero-order valence-corrected chi connectivity index (χ0v) is 14.2. The predicted octanol–water partition coefficient (Wildman–Crippen LogP) is 1.82. The number of carbonyl (C=O) groups excluding carboxylic acids is 3. The molecule has 2 aliphatic rings. The minimum atomic E-state index is -0.757. The van der Waals surface area contributed by atoms with Crippen LogP contribution in [0.4, 0.5) is 4.79 Å². The summed E-state index contributed by atoms with van der Waals surface area (Å²) in [6.07, 6.45) is 3.20. The number of nitrogens with zero attached hydrogens (tertiary/aromatic N) is 2. The number of benzene rings is 1. The molecular weight excluding hydrogens is 306 g/mol. The maximum absolute atomic E-state index is 12.6. The molecule has 3 rings (SSSR count). The highest BCUT2D eigenvalue weighted by molar-refractivity contribution is 6.09. The van der Waals surface area contributed by atoms with Crippen molar-refractivity contribution >= 4 is 17.8 Å². The van der Waals surface area contributed by atoms with Gasteiger partial charge in [-0.05, 0) is 25.3 Å². The molecule has 1 aliphatic heterocycles. The third-order valence-electron chi connectivity index (χ3n) is 4.96. The van der Waals surface area contributed by atoms with Crippen molar-refractivity contribution in [3.63, 3.8) is 0 Å². The molecule has 1 aromatic carbocycles. The molecule has 1 heterocycles. The number of likely N-dealkylation sites (N-methyl/N-ethyl adjacent to an activating group) is 1. The van der Waals surface area contributed by atoms with E-state index in [2.05, 4.69) is 5.32 Å². The Labute approximate surface area is 141 Å². The third kappa shape index (κ3) is 3.00. The second-order valence-corrected chi connectivity index (χ2v) is 6.85. The summed E-state index contributed by atoms with van der Waals surface area (Å²) < 4.78 is 0. The van der Waals surface area contributed by atoms with Gasteiger partial charge in [0, 0.05) is 13.6 Å². The van der Waals surface area contributed by atoms with Crippen molar-refractivity contribution in [1.29, 1.82) is 0 Å². The highest BCUT2D eigenvalue weighted by atomic mass is 16.2. The van der Waals surface area contributed by atoms with Crippen molar-refractivity contribution in [1.82, 2.24) is 15.1 Å². The number of carbonyl (C=O) groups is 3. The average molecular weight is 329 g/mol. The van der Waals surface area contributed by atoms with Crippen LogP contribution in [0.2, 0.25) is 0 Å². The summed E-state index contributed by atoms with van der Waals surface area (Å²) in [5, 5.41) is 2.80. The lowest BCUT2D eigenvalue weighted by Crippen LogP contribution is -2.45. The van der Waals surface area contributed by atoms with E-state index >= 15 is 0 Å². The fourth-order valence-electron chi connectivity index (χ4n) is 3.45. The maximum Gasteiger partial charge on any atom is 0.325 e. The van der Waals surface area contributed by atoms with Crippen LogP contribution in [0, 0.1) is 6.92 Å². The smallest absolute Gasteiger partial charge is 0.325 e. The normalized spacial score (nSPS) is 19.0. The number of rotatable bonds is 4. The summed E-state index contributed by atoms with van der Waals surface area (Å²) >= 11 is 0. The summed E-state index contributed by atoms with van der Waals surface area (Å²) in [7, 11) is 1.69. The number of hydrogen-bond donors (Lipinski definition) is 1. The molecule has 6 nitrogen and oxygen atoms in total. The number of urea groups is 1. The molecular formula is C18H23N3O3. The van der Waals surface area contributed by atoms with Crippen LogP contribution in [0.15, 0.2) is 24.3 Å². The Morgan fingerprint density at radius 2 is 1.83 bits per heavy atom. The molecule has 0 radical (unpaired) electrons. The lowest BCUT2D eigenvalue weighted by Gasteiger charge is -2.22. The van der Waals surface area contributed by atoms with Gasteiger partial charge in [0.2, 0.25) is 5.91 Å². The first-order valence-corrected chi connectivity index (χ1v) is 8.35. The summed E-state index contributed by atoms with van der Waals surface area (Å²) in [4.78, 5) is 39.7. The SMILES string of the molecule is Cc1ccc(CN(C)C(=O)CN2C(=O)NC3(CCCC3)C2=O)cc1. The molecule has 4 amide bonds. The van der Waals surface area contributed by atoms with Crippen LogP contribution < -0.4 is 5.32 Å². The Morgan fingerprint density at radius 3 is 2.46 bits per heavy atom. The molecule has 0 bridgehead atoms. The van der Waals surface area contributed by atoms with E-state index in [1.54, 1.807) is 11.9 Å². The van der Waals surface area contributed by atoms with Gasteiger partial charge in [0.15, 0.2) is 0 Å². The maximum atomic E-state index is 12.6. The highest BCUT2D eigenvalue weighted by Crippen LogP contribution is 2.34. The second-order valence-electron chi connectivity index (χ2n) is 6.85. The van der Waals surface area contributed by atoms with Crippen molar-refractivity contribution in [3.8, 4) is 0 Å². The monoisotopic (exact) mass is 329 g/mol. The van der Waals surface area contributed by atoms with Gasteiger partial charge in [0.1, 0.15) is 12.1 Å². The topological polar surface area (TPSA) is 69.7 Å². The Kier molecular flexibility index (Phi) is 4.30. The van der Waals surface area contributed by atoms with E-state index in [-0.39, 0.29) is 18.4 Å². The Bertz CT molecular complexity index is 663. The molecule has 1 saturated heterocycles. The lowest BCUT2D eigenvalue weighted by atomic mass is 9.98. The second kappa shape index (κ2) is 6.26. The van der Waals surface area contributed by atoms with E-state index in [0.717, 1.165) is 28.9 Å². The van der Waals surface area contributed by atoms with E-state index < -0.39 is 11.6 Å². The van der Waals surface area contributed by atoms with Crippen LogP contribution in [0.25, 0.3) is 0 Å². The van der Waals surface area contributed by atoms with Gasteiger partial charge in [-0.1, -0.05) is 42.7 Å². The van der Waals surface area contributed by atoms with E-state index in [1.165, 1.54) is 0 Å². The van der Waals surface area contributed by atoms with Gasteiger partial charge in [0.05, 0.1) is 0 Å². The minimum absolute atomic E-state index is 0.200. The molecule has 6 heteroatoms. The first kappa shape index (κ1) is 16.5. The summed E-state index contributed by atoms with van der Waals surface area (Å²) in [6, 6.07) is 7.49. The number of hydrogen-bond acceptors (Lipinski definition) is 3. The van der Waals surface area contributed by atoms with Crippen molar-refractivity contribution in [2.24, 2.45) is 0 Å². The van der Waals surface area contributed by atoms with Gasteiger partial charge in [-0.2, -0.15) is 0 Å². The Balaban J connectivity index is 1.62. The van der Waals surface area contributed by atoms with Gasteiger partial charge in [-0.3, -0.25) is 14.5 Å². The van der Waals surface area contributed by atoms with E-state index in [0.29, 0.717) is 19.4 Å². The van der Waals surface area contributed by atoms with Crippen LogP contribution in [0.1, 0.15) is 36.8 Å². The number of aryl methyl sites for hydroxylation is 1. The van der Waals surface area contributed by atoms with Gasteiger partial charge >= 0.3 is 6.03 Å². The molecule has 128 valence electrons. The molecule has 1 saturated carbocycles. The van der Waals surface area contributed by atoms with Crippen molar-refractivity contribution in [2.75, 3.05) is 13.6 Å². The molecule has 1 N–H and O–H groups in total. The predicted molar refractivity (Wildman–Crippen MR) is 89.1 cm³/mol. The molecule has 2 fully saturated rings. The summed E-state index contributed by atoms with van der Waals surface area (Å²) in [6.45, 7) is 2.26. The molecule has 0 unspecified atom stereocenters. The Morgan fingerprint density at radius 1 is 1.21 bits per heavy atom. The van der Waals surface area contributed by atoms with Gasteiger partial charge < -0.3 is 10.2 Å². The standard InChI is InChI=1S/C18H23N3O3/c1-13-5-7-14(8-6-13)11-20(2)15(22)12-21-16(23)18(19-17(21)24)9-3-4-10-18/h5-8H,3-4,9-12H2,1-2H3,(H,19,24). The van der Waals surface area contributed by atoms with Crippen LogP contribution in [0.3, 0.4) is 0 Å². The molecule has 1 aromatic rings. The van der Waals surface area contributed by atoms with Crippen LogP contribution >= 0.6 is 0 Å². The van der Waals surface area contributed by atoms with Crippen molar-refractivity contribution in [2.45, 2.75) is 44.7 Å². The fraction of sp³-hybridized carbons (Fsp3) is 0.500. The summed E-state index contributed by atoms with van der Waals surface area (Å²) in [5.41, 5.74) is 1.42. The zero-order valence-electron chi connectivity index (χ0n) is 14.2. The first-order chi connectivity index (χ1) is 11.4. The molecule has 0 aromatic heterocycles. The van der Waals surface area contributed by atoms with E-state index in [1.807, 2.05) is 31.2 Å². The van der Waals surface area contributed by atoms with Gasteiger partial charge in [-0.15, -0.1) is 0 Å². The first-order valence-electron chi connectivity index (χ1n) is 8.35. The highest BCUT2D eigenvalue weighted by Gasteiger charge is 2.52. The quantitative estimate of drug-likeness (QED) is 0.857. The van der Waals surface area contributed by atoms with Crippen molar-refractivity contribution in [3.05, 3.63) is 35.4 Å². The van der Waals surface area contributed by atoms with Crippen LogP contribution in [-0.4, -0.2) is 46.8 Å². The van der Waals surface area contributed by atoms with E-state index in [9.17, 15) is 14.4 Å². The number of amides is 4. The average Bonchev–Trinajstić information content (AvgIpc) is 3.11.